The van der Waals surface area contributed by atoms with Crippen LogP contribution in [0.15, 0.2) is 0 Å². The summed E-state index contributed by atoms with van der Waals surface area (Å²) in [7, 11) is 0. The van der Waals surface area contributed by atoms with E-state index in [4.69, 9.17) is 36.3 Å². The smallest absolute Gasteiger partial charge is 0.303 e. The van der Waals surface area contributed by atoms with Crippen molar-refractivity contribution in [3.05, 3.63) is 0 Å². The van der Waals surface area contributed by atoms with Gasteiger partial charge in [0.2, 0.25) is 0 Å². The molecule has 1 aliphatic rings. The molecule has 1 saturated heterocycles. The lowest BCUT2D eigenvalue weighted by Gasteiger charge is -2.41. The quantitative estimate of drug-likeness (QED) is 0.426. The highest BCUT2D eigenvalue weighted by Crippen LogP contribution is 2.27. The first kappa shape index (κ1) is 17.7. The number of nitrogens with two attached hydrogens (primary N) is 1. The predicted molar refractivity (Wildman–Crippen MR) is 70.2 cm³/mol. The molecular weight excluding hydrogens is 306 g/mol. The molecule has 5 atom stereocenters. The van der Waals surface area contributed by atoms with Crippen LogP contribution < -0.4 is 5.73 Å². The van der Waals surface area contributed by atoms with Gasteiger partial charge in [-0.05, 0) is 0 Å². The Morgan fingerprint density at radius 1 is 1.05 bits per heavy atom. The summed E-state index contributed by atoms with van der Waals surface area (Å²) in [6, 6.07) is -0.895. The van der Waals surface area contributed by atoms with Gasteiger partial charge < -0.3 is 24.7 Å². The van der Waals surface area contributed by atoms with Gasteiger partial charge in [-0.25, -0.2) is 0 Å². The Balaban J connectivity index is 2.94. The summed E-state index contributed by atoms with van der Waals surface area (Å²) in [6.07, 6.45) is -2.90. The third-order valence-corrected chi connectivity index (χ3v) is 3.13. The van der Waals surface area contributed by atoms with Crippen molar-refractivity contribution in [2.24, 2.45) is 5.73 Å². The van der Waals surface area contributed by atoms with Gasteiger partial charge in [0.05, 0.1) is 6.04 Å². The largest absolute Gasteiger partial charge is 0.463 e. The molecule has 0 aromatic rings. The topological polar surface area (TPSA) is 114 Å². The number of carbonyl (C=O) groups excluding carboxylic acids is 3. The van der Waals surface area contributed by atoms with Crippen molar-refractivity contribution in [2.45, 2.75) is 50.7 Å². The summed E-state index contributed by atoms with van der Waals surface area (Å²) in [5, 5.41) is 0. The number of hydrogen-bond acceptors (Lipinski definition) is 8. The van der Waals surface area contributed by atoms with Crippen LogP contribution in [-0.4, -0.2) is 54.4 Å². The molecule has 1 rings (SSSR count). The molecule has 0 aliphatic carbocycles. The SMILES string of the molecule is CC(=O)OCC1OC(Cl)C(N)C(OC(C)=O)C1OC(C)=O. The van der Waals surface area contributed by atoms with Crippen LogP contribution in [0.25, 0.3) is 0 Å². The van der Waals surface area contributed by atoms with Crippen LogP contribution in [0.5, 0.6) is 0 Å². The molecule has 120 valence electrons. The summed E-state index contributed by atoms with van der Waals surface area (Å²) in [6.45, 7) is 3.39. The van der Waals surface area contributed by atoms with E-state index in [0.717, 1.165) is 0 Å². The minimum Gasteiger partial charge on any atom is -0.463 e. The van der Waals surface area contributed by atoms with E-state index in [1.165, 1.54) is 20.8 Å². The van der Waals surface area contributed by atoms with E-state index in [9.17, 15) is 14.4 Å². The van der Waals surface area contributed by atoms with E-state index in [0.29, 0.717) is 0 Å². The molecule has 9 heteroatoms. The fraction of sp³-hybridized carbons (Fsp3) is 0.750. The number of esters is 3. The summed E-state index contributed by atoms with van der Waals surface area (Å²) >= 11 is 5.94. The molecule has 1 heterocycles. The lowest BCUT2D eigenvalue weighted by molar-refractivity contribution is -0.209. The number of hydrogen-bond donors (Lipinski definition) is 1. The van der Waals surface area contributed by atoms with Crippen LogP contribution in [0.2, 0.25) is 0 Å². The van der Waals surface area contributed by atoms with Crippen LogP contribution >= 0.6 is 11.6 Å². The third-order valence-electron chi connectivity index (χ3n) is 2.73. The second-order valence-electron chi connectivity index (χ2n) is 4.55. The second-order valence-corrected chi connectivity index (χ2v) is 4.98. The Morgan fingerprint density at radius 3 is 2.05 bits per heavy atom. The van der Waals surface area contributed by atoms with Crippen LogP contribution in [-0.2, 0) is 33.3 Å². The van der Waals surface area contributed by atoms with Crippen molar-refractivity contribution in [1.29, 1.82) is 0 Å². The number of ether oxygens (including phenoxy) is 4. The standard InChI is InChI=1S/C12H18ClNO7/c1-5(15)18-4-8-10(19-6(2)16)11(20-7(3)17)9(14)12(13)21-8/h8-12H,4,14H2,1-3H3. The lowest BCUT2D eigenvalue weighted by Crippen LogP contribution is -2.62. The van der Waals surface area contributed by atoms with Gasteiger partial charge in [0.1, 0.15) is 12.7 Å². The van der Waals surface area contributed by atoms with Gasteiger partial charge in [-0.1, -0.05) is 11.6 Å². The van der Waals surface area contributed by atoms with Crippen LogP contribution in [0.4, 0.5) is 0 Å². The molecule has 8 nitrogen and oxygen atoms in total. The first-order valence-electron chi connectivity index (χ1n) is 6.25. The maximum Gasteiger partial charge on any atom is 0.303 e. The molecule has 0 bridgehead atoms. The first-order chi connectivity index (χ1) is 9.72. The zero-order chi connectivity index (χ0) is 16.2. The molecule has 0 aromatic heterocycles. The van der Waals surface area contributed by atoms with Crippen LogP contribution in [0, 0.1) is 0 Å². The van der Waals surface area contributed by atoms with Gasteiger partial charge in [0.15, 0.2) is 17.8 Å². The Kier molecular flexibility index (Phi) is 6.38. The molecule has 0 saturated carbocycles. The zero-order valence-corrected chi connectivity index (χ0v) is 12.7. The number of rotatable bonds is 4. The summed E-state index contributed by atoms with van der Waals surface area (Å²) in [4.78, 5) is 33.3. The van der Waals surface area contributed by atoms with Crippen molar-refractivity contribution >= 4 is 29.5 Å². The number of carbonyl (C=O) groups is 3. The maximum absolute atomic E-state index is 11.2. The highest BCUT2D eigenvalue weighted by molar-refractivity contribution is 6.20. The molecule has 0 amide bonds. The molecule has 0 aromatic carbocycles. The van der Waals surface area contributed by atoms with Crippen molar-refractivity contribution in [3.63, 3.8) is 0 Å². The third kappa shape index (κ3) is 5.14. The van der Waals surface area contributed by atoms with Crippen molar-refractivity contribution < 1.29 is 33.3 Å². The fourth-order valence-corrected chi connectivity index (χ4v) is 2.20. The van der Waals surface area contributed by atoms with Gasteiger partial charge in [-0.15, -0.1) is 0 Å². The van der Waals surface area contributed by atoms with E-state index in [1.807, 2.05) is 0 Å². The van der Waals surface area contributed by atoms with Gasteiger partial charge >= 0.3 is 17.9 Å². The molecule has 1 fully saturated rings. The lowest BCUT2D eigenvalue weighted by atomic mass is 9.98. The molecule has 1 aliphatic heterocycles. The Morgan fingerprint density at radius 2 is 1.57 bits per heavy atom. The van der Waals surface area contributed by atoms with Gasteiger partial charge in [-0.2, -0.15) is 0 Å². The normalized spacial score (nSPS) is 32.1. The van der Waals surface area contributed by atoms with Gasteiger partial charge in [0.25, 0.3) is 0 Å². The van der Waals surface area contributed by atoms with Crippen LogP contribution in [0.1, 0.15) is 20.8 Å². The summed E-state index contributed by atoms with van der Waals surface area (Å²) in [5.41, 5.74) is 4.84. The predicted octanol–water partition coefficient (Wildman–Crippen LogP) is -0.296. The molecule has 5 unspecified atom stereocenters. The van der Waals surface area contributed by atoms with E-state index >= 15 is 0 Å². The molecule has 2 N–H and O–H groups in total. The molecular formula is C12H18ClNO7. The van der Waals surface area contributed by atoms with Crippen molar-refractivity contribution in [3.8, 4) is 0 Å². The Labute approximate surface area is 126 Å². The van der Waals surface area contributed by atoms with E-state index in [2.05, 4.69) is 0 Å². The minimum absolute atomic E-state index is 0.207. The highest BCUT2D eigenvalue weighted by atomic mass is 35.5. The average Bonchev–Trinajstić information content (AvgIpc) is 2.35. The first-order valence-corrected chi connectivity index (χ1v) is 6.69. The molecule has 21 heavy (non-hydrogen) atoms. The minimum atomic E-state index is -1.02. The number of halogens is 1. The van der Waals surface area contributed by atoms with E-state index in [-0.39, 0.29) is 6.61 Å². The van der Waals surface area contributed by atoms with E-state index < -0.39 is 47.8 Å². The average molecular weight is 324 g/mol. The summed E-state index contributed by atoms with van der Waals surface area (Å²) < 4.78 is 20.4. The molecule has 0 radical (unpaired) electrons. The fourth-order valence-electron chi connectivity index (χ4n) is 1.92. The van der Waals surface area contributed by atoms with Gasteiger partial charge in [-0.3, -0.25) is 14.4 Å². The van der Waals surface area contributed by atoms with Crippen molar-refractivity contribution in [2.75, 3.05) is 6.61 Å². The maximum atomic E-state index is 11.2. The van der Waals surface area contributed by atoms with Crippen molar-refractivity contribution in [1.82, 2.24) is 0 Å². The summed E-state index contributed by atoms with van der Waals surface area (Å²) in [5.74, 6) is -1.76. The zero-order valence-electron chi connectivity index (χ0n) is 11.9. The van der Waals surface area contributed by atoms with E-state index in [1.54, 1.807) is 0 Å². The number of alkyl halides is 1. The Hall–Kier alpha value is -1.38. The van der Waals surface area contributed by atoms with Gasteiger partial charge in [0, 0.05) is 20.8 Å². The van der Waals surface area contributed by atoms with Crippen LogP contribution in [0.3, 0.4) is 0 Å². The molecule has 0 spiro atoms. The highest BCUT2D eigenvalue weighted by Gasteiger charge is 2.48. The second kappa shape index (κ2) is 7.58. The monoisotopic (exact) mass is 323 g/mol. The Bertz CT molecular complexity index is 416.